The third-order valence-corrected chi connectivity index (χ3v) is 7.68. The SMILES string of the molecule is c1ccc(Oc2c([Se]c3cnc4ccccc4c3Oc3ccccc3)cnc3ccccc23)cc1. The fraction of sp³-hybridized carbons (Fsp3) is 0. The standard InChI is InChI=1S/C30H20N2O2Se/c1-3-11-21(12-4-1)33-29-23-15-7-9-17-25(23)31-19-27(29)35-28-20-32-26-18-10-8-16-24(26)30(28)34-22-13-5-2-6-14-22/h1-20H. The summed E-state index contributed by atoms with van der Waals surface area (Å²) in [6.45, 7) is 0. The van der Waals surface area contributed by atoms with Crippen molar-refractivity contribution in [1.29, 1.82) is 0 Å². The van der Waals surface area contributed by atoms with Gasteiger partial charge >= 0.3 is 210 Å². The van der Waals surface area contributed by atoms with E-state index in [0.29, 0.717) is 0 Å². The van der Waals surface area contributed by atoms with E-state index < -0.39 is 0 Å². The van der Waals surface area contributed by atoms with Crippen molar-refractivity contribution in [3.8, 4) is 23.0 Å². The Morgan fingerprint density at radius 2 is 0.857 bits per heavy atom. The van der Waals surface area contributed by atoms with Gasteiger partial charge in [0.1, 0.15) is 0 Å². The average Bonchev–Trinajstić information content (AvgIpc) is 2.92. The third kappa shape index (κ3) is 4.47. The summed E-state index contributed by atoms with van der Waals surface area (Å²) in [5, 5.41) is 1.96. The molecule has 0 bridgehead atoms. The fourth-order valence-electron chi connectivity index (χ4n) is 3.88. The van der Waals surface area contributed by atoms with Crippen molar-refractivity contribution in [3.05, 3.63) is 122 Å². The quantitative estimate of drug-likeness (QED) is 0.253. The van der Waals surface area contributed by atoms with Crippen LogP contribution in [-0.4, -0.2) is 24.9 Å². The molecule has 2 heterocycles. The molecule has 0 fully saturated rings. The molecule has 0 atom stereocenters. The maximum absolute atomic E-state index is 6.46. The molecule has 4 aromatic carbocycles. The second-order valence-electron chi connectivity index (χ2n) is 7.87. The van der Waals surface area contributed by atoms with Gasteiger partial charge in [-0.3, -0.25) is 0 Å². The molecule has 4 nitrogen and oxygen atoms in total. The van der Waals surface area contributed by atoms with Crippen LogP contribution in [0.2, 0.25) is 0 Å². The molecule has 6 rings (SSSR count). The van der Waals surface area contributed by atoms with Gasteiger partial charge in [-0.15, -0.1) is 0 Å². The number of nitrogens with zero attached hydrogens (tertiary/aromatic N) is 2. The van der Waals surface area contributed by atoms with Crippen molar-refractivity contribution in [1.82, 2.24) is 9.97 Å². The van der Waals surface area contributed by atoms with Crippen LogP contribution in [0, 0.1) is 0 Å². The van der Waals surface area contributed by atoms with E-state index in [-0.39, 0.29) is 15.0 Å². The monoisotopic (exact) mass is 520 g/mol. The molecule has 0 saturated carbocycles. The molecule has 0 aliphatic rings. The Morgan fingerprint density at radius 3 is 1.31 bits per heavy atom. The number of hydrogen-bond donors (Lipinski definition) is 0. The number of ether oxygens (including phenoxy) is 2. The van der Waals surface area contributed by atoms with Crippen LogP contribution in [0.15, 0.2) is 122 Å². The van der Waals surface area contributed by atoms with Crippen LogP contribution in [-0.2, 0) is 0 Å². The Kier molecular flexibility index (Phi) is 5.85. The number of rotatable bonds is 6. The molecule has 0 amide bonds. The Balaban J connectivity index is 1.49. The van der Waals surface area contributed by atoms with Crippen molar-refractivity contribution in [2.45, 2.75) is 0 Å². The number of para-hydroxylation sites is 4. The van der Waals surface area contributed by atoms with E-state index in [4.69, 9.17) is 19.4 Å². The number of aromatic nitrogens is 2. The molecule has 35 heavy (non-hydrogen) atoms. The summed E-state index contributed by atoms with van der Waals surface area (Å²) < 4.78 is 15.0. The summed E-state index contributed by atoms with van der Waals surface area (Å²) >= 11 is -0.178. The van der Waals surface area contributed by atoms with Crippen LogP contribution in [0.4, 0.5) is 0 Å². The first-order valence-corrected chi connectivity index (χ1v) is 13.0. The predicted octanol–water partition coefficient (Wildman–Crippen LogP) is 6.02. The molecule has 0 saturated heterocycles. The summed E-state index contributed by atoms with van der Waals surface area (Å²) in [7, 11) is 0. The van der Waals surface area contributed by atoms with Gasteiger partial charge in [-0.05, 0) is 0 Å². The summed E-state index contributed by atoms with van der Waals surface area (Å²) in [6.07, 6.45) is 3.84. The second-order valence-corrected chi connectivity index (χ2v) is 10.1. The molecule has 0 aliphatic heterocycles. The normalized spacial score (nSPS) is 11.0. The summed E-state index contributed by atoms with van der Waals surface area (Å²) in [6, 6.07) is 35.9. The fourth-order valence-corrected chi connectivity index (χ4v) is 5.85. The van der Waals surface area contributed by atoms with Crippen molar-refractivity contribution in [3.63, 3.8) is 0 Å². The first-order chi connectivity index (χ1) is 17.3. The first kappa shape index (κ1) is 21.4. The average molecular weight is 519 g/mol. The van der Waals surface area contributed by atoms with Crippen molar-refractivity contribution < 1.29 is 9.47 Å². The van der Waals surface area contributed by atoms with Crippen LogP contribution in [0.25, 0.3) is 21.8 Å². The summed E-state index contributed by atoms with van der Waals surface area (Å²) in [5.41, 5.74) is 1.80. The number of fused-ring (bicyclic) bond motifs is 2. The molecule has 0 aliphatic carbocycles. The van der Waals surface area contributed by atoms with E-state index in [1.165, 1.54) is 0 Å². The van der Waals surface area contributed by atoms with Crippen LogP contribution in [0.1, 0.15) is 0 Å². The van der Waals surface area contributed by atoms with Gasteiger partial charge in [0.05, 0.1) is 0 Å². The molecule has 0 radical (unpaired) electrons. The Hall–Kier alpha value is -4.18. The first-order valence-electron chi connectivity index (χ1n) is 11.2. The molecule has 0 spiro atoms. The van der Waals surface area contributed by atoms with Gasteiger partial charge in [-0.1, -0.05) is 0 Å². The van der Waals surface area contributed by atoms with Crippen molar-refractivity contribution in [2.24, 2.45) is 0 Å². The molecular weight excluding hydrogens is 499 g/mol. The number of pyridine rings is 2. The summed E-state index contributed by atoms with van der Waals surface area (Å²) in [5.74, 6) is 3.22. The Morgan fingerprint density at radius 1 is 0.457 bits per heavy atom. The van der Waals surface area contributed by atoms with E-state index in [1.807, 2.05) is 109 Å². The van der Waals surface area contributed by atoms with Gasteiger partial charge < -0.3 is 0 Å². The van der Waals surface area contributed by atoms with Crippen molar-refractivity contribution >= 4 is 45.7 Å². The minimum absolute atomic E-state index is 0.178. The zero-order valence-electron chi connectivity index (χ0n) is 18.7. The van der Waals surface area contributed by atoms with E-state index in [0.717, 1.165) is 53.7 Å². The van der Waals surface area contributed by atoms with E-state index in [1.54, 1.807) is 0 Å². The third-order valence-electron chi connectivity index (χ3n) is 5.53. The minimum atomic E-state index is -0.178. The molecular formula is C30H20N2O2Se. The van der Waals surface area contributed by atoms with Crippen LogP contribution in [0.5, 0.6) is 23.0 Å². The second kappa shape index (κ2) is 9.59. The molecule has 6 aromatic rings. The predicted molar refractivity (Wildman–Crippen MR) is 142 cm³/mol. The van der Waals surface area contributed by atoms with Crippen LogP contribution >= 0.6 is 0 Å². The van der Waals surface area contributed by atoms with Gasteiger partial charge in [0.25, 0.3) is 0 Å². The molecule has 5 heteroatoms. The Bertz CT molecular complexity index is 1500. The maximum atomic E-state index is 6.46. The molecule has 0 N–H and O–H groups in total. The zero-order valence-corrected chi connectivity index (χ0v) is 20.4. The van der Waals surface area contributed by atoms with Crippen LogP contribution < -0.4 is 18.4 Å². The van der Waals surface area contributed by atoms with Gasteiger partial charge in [-0.2, -0.15) is 0 Å². The van der Waals surface area contributed by atoms with Crippen LogP contribution in [0.3, 0.4) is 0 Å². The Labute approximate surface area is 209 Å². The van der Waals surface area contributed by atoms with Gasteiger partial charge in [-0.25, -0.2) is 0 Å². The van der Waals surface area contributed by atoms with Gasteiger partial charge in [0.15, 0.2) is 0 Å². The van der Waals surface area contributed by atoms with Crippen molar-refractivity contribution in [2.75, 3.05) is 0 Å². The van der Waals surface area contributed by atoms with Gasteiger partial charge in [0, 0.05) is 0 Å². The van der Waals surface area contributed by atoms with E-state index >= 15 is 0 Å². The van der Waals surface area contributed by atoms with Gasteiger partial charge in [0.2, 0.25) is 0 Å². The zero-order chi connectivity index (χ0) is 23.5. The molecule has 168 valence electrons. The van der Waals surface area contributed by atoms with E-state index in [2.05, 4.69) is 12.1 Å². The van der Waals surface area contributed by atoms with E-state index in [9.17, 15) is 0 Å². The summed E-state index contributed by atoms with van der Waals surface area (Å²) in [4.78, 5) is 9.46. The molecule has 0 unspecified atom stereocenters. The topological polar surface area (TPSA) is 44.2 Å². The number of benzene rings is 4. The molecule has 2 aromatic heterocycles. The number of hydrogen-bond acceptors (Lipinski definition) is 4.